The topological polar surface area (TPSA) is 23.8 Å². The van der Waals surface area contributed by atoms with Gasteiger partial charge in [-0.25, -0.2) is 0 Å². The van der Waals surface area contributed by atoms with Gasteiger partial charge in [0.25, 0.3) is 0 Å². The summed E-state index contributed by atoms with van der Waals surface area (Å²) in [6.45, 7) is 2.32. The molecule has 0 radical (unpaired) electrons. The molecule has 4 atom stereocenters. The minimum absolute atomic E-state index is 0.364. The Hall–Kier alpha value is -0.510. The second-order valence-electron chi connectivity index (χ2n) is 5.09. The molecule has 2 aliphatic rings. The van der Waals surface area contributed by atoms with Gasteiger partial charge in [0.1, 0.15) is 0 Å². The maximum absolute atomic E-state index is 9.00. The molecule has 0 bridgehead atoms. The number of nitriles is 1. The average molecular weight is 177 g/mol. The lowest BCUT2D eigenvalue weighted by Gasteiger charge is -2.16. The van der Waals surface area contributed by atoms with E-state index in [-0.39, 0.29) is 0 Å². The van der Waals surface area contributed by atoms with Crippen LogP contribution in [0.4, 0.5) is 0 Å². The molecule has 0 spiro atoms. The van der Waals surface area contributed by atoms with E-state index < -0.39 is 0 Å². The molecule has 1 nitrogen and oxygen atoms in total. The minimum Gasteiger partial charge on any atom is -0.198 e. The van der Waals surface area contributed by atoms with Gasteiger partial charge in [-0.1, -0.05) is 26.2 Å². The molecule has 0 heterocycles. The van der Waals surface area contributed by atoms with E-state index in [9.17, 15) is 0 Å². The van der Waals surface area contributed by atoms with Gasteiger partial charge in [-0.2, -0.15) is 5.26 Å². The van der Waals surface area contributed by atoms with Gasteiger partial charge in [-0.05, 0) is 37.0 Å². The molecular weight excluding hydrogens is 158 g/mol. The third-order valence-electron chi connectivity index (χ3n) is 3.98. The Labute approximate surface area is 81.1 Å². The molecule has 0 aromatic rings. The van der Waals surface area contributed by atoms with Crippen molar-refractivity contribution in [3.05, 3.63) is 0 Å². The molecular formula is C12H19N. The van der Waals surface area contributed by atoms with E-state index in [0.29, 0.717) is 5.92 Å². The quantitative estimate of drug-likeness (QED) is 0.556. The van der Waals surface area contributed by atoms with Crippen molar-refractivity contribution in [2.45, 2.75) is 45.4 Å². The maximum atomic E-state index is 9.00. The van der Waals surface area contributed by atoms with Crippen LogP contribution in [-0.4, -0.2) is 0 Å². The number of fused-ring (bicyclic) bond motifs is 1. The lowest BCUT2D eigenvalue weighted by atomic mass is 9.88. The van der Waals surface area contributed by atoms with E-state index in [1.54, 1.807) is 0 Å². The van der Waals surface area contributed by atoms with Crippen LogP contribution >= 0.6 is 0 Å². The minimum atomic E-state index is 0.364. The molecule has 72 valence electrons. The van der Waals surface area contributed by atoms with Gasteiger partial charge in [0.15, 0.2) is 0 Å². The number of rotatable bonds is 0. The molecule has 0 N–H and O–H groups in total. The van der Waals surface area contributed by atoms with Gasteiger partial charge in [0, 0.05) is 5.92 Å². The van der Waals surface area contributed by atoms with Crippen molar-refractivity contribution in [1.82, 2.24) is 0 Å². The molecule has 0 aromatic heterocycles. The second-order valence-corrected chi connectivity index (χ2v) is 5.09. The molecule has 0 aromatic carbocycles. The zero-order valence-corrected chi connectivity index (χ0v) is 8.50. The van der Waals surface area contributed by atoms with Crippen molar-refractivity contribution in [2.75, 3.05) is 0 Å². The summed E-state index contributed by atoms with van der Waals surface area (Å²) >= 11 is 0. The fourth-order valence-corrected chi connectivity index (χ4v) is 3.40. The van der Waals surface area contributed by atoms with Crippen molar-refractivity contribution >= 4 is 0 Å². The molecule has 2 fully saturated rings. The molecule has 2 saturated carbocycles. The summed E-state index contributed by atoms with van der Waals surface area (Å²) in [5, 5.41) is 9.00. The van der Waals surface area contributed by atoms with Crippen LogP contribution < -0.4 is 0 Å². The highest BCUT2D eigenvalue weighted by Gasteiger charge is 2.34. The molecule has 0 saturated heterocycles. The SMILES string of the molecule is CC1CC(C#N)CC2CCCC2C1. The van der Waals surface area contributed by atoms with Gasteiger partial charge in [0.2, 0.25) is 0 Å². The van der Waals surface area contributed by atoms with Gasteiger partial charge in [-0.3, -0.25) is 0 Å². The standard InChI is InChI=1S/C12H19N/c1-9-5-10(8-13)7-12-4-2-3-11(12)6-9/h9-12H,2-7H2,1H3. The zero-order chi connectivity index (χ0) is 9.26. The Bertz CT molecular complexity index is 216. The fraction of sp³-hybridized carbons (Fsp3) is 0.917. The Morgan fingerprint density at radius 1 is 1.08 bits per heavy atom. The Morgan fingerprint density at radius 3 is 2.46 bits per heavy atom. The molecule has 0 aliphatic heterocycles. The van der Waals surface area contributed by atoms with E-state index in [1.165, 1.54) is 32.1 Å². The van der Waals surface area contributed by atoms with Gasteiger partial charge in [-0.15, -0.1) is 0 Å². The fourth-order valence-electron chi connectivity index (χ4n) is 3.40. The average Bonchev–Trinajstić information content (AvgIpc) is 2.46. The maximum Gasteiger partial charge on any atom is 0.0655 e. The van der Waals surface area contributed by atoms with Crippen molar-refractivity contribution in [1.29, 1.82) is 5.26 Å². The van der Waals surface area contributed by atoms with Gasteiger partial charge in [0.05, 0.1) is 6.07 Å². The molecule has 1 heteroatoms. The molecule has 0 amide bonds. The summed E-state index contributed by atoms with van der Waals surface area (Å²) in [6.07, 6.45) is 8.00. The monoisotopic (exact) mass is 177 g/mol. The first-order valence-corrected chi connectivity index (χ1v) is 5.69. The first-order chi connectivity index (χ1) is 6.29. The summed E-state index contributed by atoms with van der Waals surface area (Å²) in [5.41, 5.74) is 0. The second kappa shape index (κ2) is 3.70. The largest absolute Gasteiger partial charge is 0.198 e. The van der Waals surface area contributed by atoms with Crippen LogP contribution in [0.25, 0.3) is 0 Å². The van der Waals surface area contributed by atoms with Crippen molar-refractivity contribution in [2.24, 2.45) is 23.7 Å². The Balaban J connectivity index is 2.06. The first-order valence-electron chi connectivity index (χ1n) is 5.69. The van der Waals surface area contributed by atoms with Crippen LogP contribution in [0, 0.1) is 35.0 Å². The molecule has 2 rings (SSSR count). The van der Waals surface area contributed by atoms with E-state index in [0.717, 1.165) is 24.2 Å². The van der Waals surface area contributed by atoms with E-state index >= 15 is 0 Å². The Kier molecular flexibility index (Phi) is 2.58. The van der Waals surface area contributed by atoms with Crippen LogP contribution in [-0.2, 0) is 0 Å². The van der Waals surface area contributed by atoms with Gasteiger partial charge >= 0.3 is 0 Å². The van der Waals surface area contributed by atoms with Crippen molar-refractivity contribution in [3.8, 4) is 6.07 Å². The first kappa shape index (κ1) is 9.06. The Morgan fingerprint density at radius 2 is 1.77 bits per heavy atom. The van der Waals surface area contributed by atoms with Crippen LogP contribution in [0.3, 0.4) is 0 Å². The smallest absolute Gasteiger partial charge is 0.0655 e. The van der Waals surface area contributed by atoms with E-state index in [4.69, 9.17) is 5.26 Å². The van der Waals surface area contributed by atoms with Crippen LogP contribution in [0.5, 0.6) is 0 Å². The van der Waals surface area contributed by atoms with Crippen LogP contribution in [0.15, 0.2) is 0 Å². The molecule has 13 heavy (non-hydrogen) atoms. The lowest BCUT2D eigenvalue weighted by molar-refractivity contribution is 0.337. The summed E-state index contributed by atoms with van der Waals surface area (Å²) in [6, 6.07) is 2.49. The summed E-state index contributed by atoms with van der Waals surface area (Å²) < 4.78 is 0. The van der Waals surface area contributed by atoms with Crippen LogP contribution in [0.1, 0.15) is 45.4 Å². The highest BCUT2D eigenvalue weighted by Crippen LogP contribution is 2.44. The molecule has 4 unspecified atom stereocenters. The van der Waals surface area contributed by atoms with Crippen molar-refractivity contribution < 1.29 is 0 Å². The van der Waals surface area contributed by atoms with E-state index in [2.05, 4.69) is 13.0 Å². The van der Waals surface area contributed by atoms with E-state index in [1.807, 2.05) is 0 Å². The molecule has 2 aliphatic carbocycles. The zero-order valence-electron chi connectivity index (χ0n) is 8.50. The number of nitrogens with zero attached hydrogens (tertiary/aromatic N) is 1. The predicted octanol–water partition coefficient (Wildman–Crippen LogP) is 3.36. The van der Waals surface area contributed by atoms with Gasteiger partial charge < -0.3 is 0 Å². The number of hydrogen-bond acceptors (Lipinski definition) is 1. The normalized spacial score (nSPS) is 44.9. The lowest BCUT2D eigenvalue weighted by Crippen LogP contribution is -2.08. The summed E-state index contributed by atoms with van der Waals surface area (Å²) in [7, 11) is 0. The third-order valence-corrected chi connectivity index (χ3v) is 3.98. The predicted molar refractivity (Wildman–Crippen MR) is 52.9 cm³/mol. The third kappa shape index (κ3) is 1.88. The summed E-state index contributed by atoms with van der Waals surface area (Å²) in [4.78, 5) is 0. The summed E-state index contributed by atoms with van der Waals surface area (Å²) in [5.74, 6) is 3.02. The number of hydrogen-bond donors (Lipinski definition) is 0. The highest BCUT2D eigenvalue weighted by atomic mass is 14.4. The van der Waals surface area contributed by atoms with Crippen LogP contribution in [0.2, 0.25) is 0 Å². The van der Waals surface area contributed by atoms with Crippen molar-refractivity contribution in [3.63, 3.8) is 0 Å². The highest BCUT2D eigenvalue weighted by molar-refractivity contribution is 4.92.